The Kier molecular flexibility index (Phi) is 5.93. The second-order valence-electron chi connectivity index (χ2n) is 12.1. The van der Waals surface area contributed by atoms with Crippen LogP contribution >= 0.6 is 0 Å². The van der Waals surface area contributed by atoms with E-state index in [1.807, 2.05) is 61.0 Å². The minimum absolute atomic E-state index is 0.101. The fraction of sp³-hybridized carbons (Fsp3) is 0.433. The van der Waals surface area contributed by atoms with E-state index < -0.39 is 47.8 Å². The van der Waals surface area contributed by atoms with Crippen LogP contribution in [0, 0.1) is 5.41 Å². The van der Waals surface area contributed by atoms with Gasteiger partial charge in [0.25, 0.3) is 11.8 Å². The van der Waals surface area contributed by atoms with Crippen LogP contribution in [0.15, 0.2) is 64.6 Å². The Labute approximate surface area is 243 Å². The molecule has 12 nitrogen and oxygen atoms in total. The molecular weight excluding hydrogens is 538 g/mol. The monoisotopic (exact) mass is 571 g/mol. The van der Waals surface area contributed by atoms with Crippen molar-refractivity contribution in [2.75, 3.05) is 20.1 Å². The third-order valence-electron chi connectivity index (χ3n) is 9.63. The highest BCUT2D eigenvalue weighted by Gasteiger charge is 2.72. The molecule has 5 aliphatic heterocycles. The summed E-state index contributed by atoms with van der Waals surface area (Å²) in [6, 6.07) is 15.5. The van der Waals surface area contributed by atoms with E-state index >= 15 is 0 Å². The van der Waals surface area contributed by atoms with Crippen LogP contribution in [0.1, 0.15) is 46.2 Å². The zero-order valence-electron chi connectivity index (χ0n) is 23.5. The molecule has 2 amide bonds. The fourth-order valence-corrected chi connectivity index (χ4v) is 7.16. The largest absolute Gasteiger partial charge is 0.387 e. The van der Waals surface area contributed by atoms with Gasteiger partial charge in [-0.1, -0.05) is 42.5 Å². The van der Waals surface area contributed by atoms with Crippen molar-refractivity contribution in [3.8, 4) is 0 Å². The van der Waals surface area contributed by atoms with E-state index in [9.17, 15) is 19.8 Å². The average Bonchev–Trinajstić information content (AvgIpc) is 3.61. The first-order valence-corrected chi connectivity index (χ1v) is 14.0. The molecule has 0 aromatic heterocycles. The SMILES string of the molecule is CN(C[C@H]1O[C@H]2N3C=NC4C(=N)N=CN(C43)C(C)(C)[C@@]2(O)[C@@H]1O)C(CN1C(=O)c2ccccc2C1=O)c1ccccc1. The molecule has 3 unspecified atom stereocenters. The van der Waals surface area contributed by atoms with Crippen LogP contribution in [0.5, 0.6) is 0 Å². The van der Waals surface area contributed by atoms with E-state index in [0.29, 0.717) is 11.1 Å². The number of nitrogens with one attached hydrogen (secondary N) is 1. The van der Waals surface area contributed by atoms with Gasteiger partial charge in [0.15, 0.2) is 17.7 Å². The molecule has 2 saturated heterocycles. The first-order valence-electron chi connectivity index (χ1n) is 14.0. The lowest BCUT2D eigenvalue weighted by Gasteiger charge is -2.60. The minimum atomic E-state index is -1.73. The van der Waals surface area contributed by atoms with Gasteiger partial charge in [0.2, 0.25) is 0 Å². The Morgan fingerprint density at radius 3 is 2.36 bits per heavy atom. The number of likely N-dealkylation sites (N-methyl/N-ethyl adjacent to an activating group) is 1. The Morgan fingerprint density at radius 1 is 1.05 bits per heavy atom. The van der Waals surface area contributed by atoms with Crippen molar-refractivity contribution in [2.45, 2.75) is 61.7 Å². The normalized spacial score (nSPS) is 33.0. The molecule has 3 N–H and O–H groups in total. The summed E-state index contributed by atoms with van der Waals surface area (Å²) >= 11 is 0. The number of imide groups is 1. The van der Waals surface area contributed by atoms with Crippen molar-refractivity contribution >= 4 is 30.3 Å². The van der Waals surface area contributed by atoms with E-state index in [2.05, 4.69) is 9.98 Å². The average molecular weight is 572 g/mol. The zero-order valence-corrected chi connectivity index (χ0v) is 23.5. The molecule has 5 aliphatic rings. The van der Waals surface area contributed by atoms with Crippen molar-refractivity contribution in [1.82, 2.24) is 19.6 Å². The lowest BCUT2D eigenvalue weighted by Crippen LogP contribution is -2.81. The molecule has 12 heteroatoms. The van der Waals surface area contributed by atoms with Crippen molar-refractivity contribution in [2.24, 2.45) is 9.98 Å². The number of fused-ring (bicyclic) bond motifs is 3. The molecular formula is C30H33N7O5. The number of nitrogens with zero attached hydrogens (tertiary/aromatic N) is 6. The molecule has 7 rings (SSSR count). The molecule has 0 bridgehead atoms. The van der Waals surface area contributed by atoms with Crippen LogP contribution in [0.2, 0.25) is 0 Å². The number of amidine groups is 1. The van der Waals surface area contributed by atoms with Crippen molar-refractivity contribution in [3.63, 3.8) is 0 Å². The number of hydrogen-bond donors (Lipinski definition) is 3. The maximum absolute atomic E-state index is 13.2. The Morgan fingerprint density at radius 2 is 1.69 bits per heavy atom. The zero-order chi connectivity index (χ0) is 29.6. The maximum atomic E-state index is 13.2. The second kappa shape index (κ2) is 9.27. The molecule has 42 heavy (non-hydrogen) atoms. The maximum Gasteiger partial charge on any atom is 0.261 e. The molecule has 0 saturated carbocycles. The van der Waals surface area contributed by atoms with E-state index in [1.54, 1.807) is 41.8 Å². The summed E-state index contributed by atoms with van der Waals surface area (Å²) in [6.07, 6.45) is -0.309. The van der Waals surface area contributed by atoms with Crippen LogP contribution < -0.4 is 0 Å². The number of carbonyl (C=O) groups is 2. The van der Waals surface area contributed by atoms with Gasteiger partial charge in [-0.2, -0.15) is 0 Å². The number of amides is 2. The molecule has 0 radical (unpaired) electrons. The fourth-order valence-electron chi connectivity index (χ4n) is 7.16. The highest BCUT2D eigenvalue weighted by molar-refractivity contribution is 6.21. The summed E-state index contributed by atoms with van der Waals surface area (Å²) in [6.45, 7) is 3.97. The topological polar surface area (TPSA) is 145 Å². The van der Waals surface area contributed by atoms with Crippen LogP contribution in [0.4, 0.5) is 0 Å². The molecule has 7 atom stereocenters. The van der Waals surface area contributed by atoms with E-state index in [-0.39, 0.29) is 30.7 Å². The highest BCUT2D eigenvalue weighted by atomic mass is 16.6. The van der Waals surface area contributed by atoms with E-state index in [1.165, 1.54) is 4.90 Å². The number of aliphatic hydroxyl groups is 2. The van der Waals surface area contributed by atoms with Gasteiger partial charge in [-0.15, -0.1) is 0 Å². The quantitative estimate of drug-likeness (QED) is 0.434. The molecule has 2 aromatic rings. The molecule has 5 heterocycles. The number of ether oxygens (including phenoxy) is 1. The first kappa shape index (κ1) is 26.9. The number of aliphatic hydroxyl groups excluding tert-OH is 1. The smallest absolute Gasteiger partial charge is 0.261 e. The summed E-state index contributed by atoms with van der Waals surface area (Å²) < 4.78 is 6.45. The number of benzene rings is 2. The van der Waals surface area contributed by atoms with E-state index in [0.717, 1.165) is 5.56 Å². The summed E-state index contributed by atoms with van der Waals surface area (Å²) in [7, 11) is 1.85. The van der Waals surface area contributed by atoms with Gasteiger partial charge in [0.05, 0.1) is 35.4 Å². The number of rotatable bonds is 6. The van der Waals surface area contributed by atoms with Gasteiger partial charge < -0.3 is 24.7 Å². The number of aliphatic imine (C=N–C) groups is 2. The second-order valence-corrected chi connectivity index (χ2v) is 12.1. The Bertz CT molecular complexity index is 1490. The summed E-state index contributed by atoms with van der Waals surface area (Å²) in [5.74, 6) is -0.545. The highest BCUT2D eigenvalue weighted by Crippen LogP contribution is 2.50. The van der Waals surface area contributed by atoms with Gasteiger partial charge in [0, 0.05) is 13.1 Å². The third-order valence-corrected chi connectivity index (χ3v) is 9.63. The predicted octanol–water partition coefficient (Wildman–Crippen LogP) is 0.925. The van der Waals surface area contributed by atoms with Crippen LogP contribution in [0.3, 0.4) is 0 Å². The molecule has 2 aromatic carbocycles. The number of carbonyl (C=O) groups excluding carboxylic acids is 2. The van der Waals surface area contributed by atoms with Gasteiger partial charge in [-0.25, -0.2) is 4.99 Å². The third kappa shape index (κ3) is 3.52. The van der Waals surface area contributed by atoms with Gasteiger partial charge >= 0.3 is 0 Å². The minimum Gasteiger partial charge on any atom is -0.387 e. The Balaban J connectivity index is 1.17. The summed E-state index contributed by atoms with van der Waals surface area (Å²) in [5.41, 5.74) is -1.08. The number of hydrogen-bond acceptors (Lipinski definition) is 10. The van der Waals surface area contributed by atoms with Gasteiger partial charge in [-0.3, -0.25) is 29.8 Å². The molecule has 0 aliphatic carbocycles. The Hall–Kier alpha value is -3.97. The predicted molar refractivity (Wildman–Crippen MR) is 153 cm³/mol. The molecule has 2 fully saturated rings. The lowest BCUT2D eigenvalue weighted by molar-refractivity contribution is -0.234. The van der Waals surface area contributed by atoms with Crippen molar-refractivity contribution in [3.05, 3.63) is 71.3 Å². The van der Waals surface area contributed by atoms with Gasteiger partial charge in [-0.05, 0) is 38.6 Å². The lowest BCUT2D eigenvalue weighted by atomic mass is 9.72. The molecule has 0 spiro atoms. The summed E-state index contributed by atoms with van der Waals surface area (Å²) in [4.78, 5) is 42.0. The van der Waals surface area contributed by atoms with E-state index in [4.69, 9.17) is 10.1 Å². The summed E-state index contributed by atoms with van der Waals surface area (Å²) in [5, 5.41) is 32.2. The standard InChI is InChI=1S/C30H33N7O5/c1-29(2)30(41)23(38)21(42-28(30)36-15-32-22-24(31)33-16-37(29)25(22)36)14-34(3)20(17-9-5-4-6-10-17)13-35-26(39)18-11-7-8-12-19(18)27(35)40/h4-12,15-16,20-23,25,28,31,38,41H,13-14H2,1-3H3/t20?,21-,22?,23-,25?,28-,30-/m1/s1. The van der Waals surface area contributed by atoms with Crippen LogP contribution in [-0.4, -0.2) is 122 Å². The van der Waals surface area contributed by atoms with Crippen molar-refractivity contribution in [1.29, 1.82) is 5.41 Å². The van der Waals surface area contributed by atoms with Crippen molar-refractivity contribution < 1.29 is 24.5 Å². The van der Waals surface area contributed by atoms with Crippen LogP contribution in [-0.2, 0) is 4.74 Å². The van der Waals surface area contributed by atoms with Gasteiger partial charge in [0.1, 0.15) is 24.4 Å². The van der Waals surface area contributed by atoms with Crippen LogP contribution in [0.25, 0.3) is 0 Å². The first-order chi connectivity index (χ1) is 20.1. The molecule has 218 valence electrons.